The molecule has 1 aromatic carbocycles. The summed E-state index contributed by atoms with van der Waals surface area (Å²) < 4.78 is 53.9. The van der Waals surface area contributed by atoms with Gasteiger partial charge < -0.3 is 20.1 Å². The van der Waals surface area contributed by atoms with Crippen molar-refractivity contribution in [2.24, 2.45) is 0 Å². The number of nitrogens with one attached hydrogen (secondary N) is 1. The summed E-state index contributed by atoms with van der Waals surface area (Å²) in [6, 6.07) is 3.40. The van der Waals surface area contributed by atoms with Crippen molar-refractivity contribution in [3.05, 3.63) is 29.6 Å². The molecule has 0 fully saturated rings. The maximum absolute atomic E-state index is 13.6. The molecule has 0 radical (unpaired) electrons. The van der Waals surface area contributed by atoms with Gasteiger partial charge in [0.1, 0.15) is 12.4 Å². The third-order valence-electron chi connectivity index (χ3n) is 2.79. The van der Waals surface area contributed by atoms with Crippen LogP contribution in [-0.4, -0.2) is 55.1 Å². The van der Waals surface area contributed by atoms with Crippen LogP contribution in [0.25, 0.3) is 0 Å². The monoisotopic (exact) mass is 338 g/mol. The Labute approximate surface area is 130 Å². The fraction of sp³-hybridized carbons (Fsp3) is 0.500. The molecule has 0 aliphatic heterocycles. The van der Waals surface area contributed by atoms with Gasteiger partial charge in [-0.05, 0) is 24.6 Å². The summed E-state index contributed by atoms with van der Waals surface area (Å²) in [5, 5.41) is 11.2. The van der Waals surface area contributed by atoms with Crippen molar-refractivity contribution >= 4 is 11.7 Å². The summed E-state index contributed by atoms with van der Waals surface area (Å²) >= 11 is 0. The second kappa shape index (κ2) is 8.68. The fourth-order valence-corrected chi connectivity index (χ4v) is 1.73. The predicted octanol–water partition coefficient (Wildman–Crippen LogP) is 2.54. The summed E-state index contributed by atoms with van der Waals surface area (Å²) in [6.07, 6.45) is -4.45. The number of hydrogen-bond donors (Lipinski definition) is 2. The topological polar surface area (TPSA) is 61.8 Å². The minimum absolute atomic E-state index is 0.0471. The largest absolute Gasteiger partial charge is 0.411 e. The van der Waals surface area contributed by atoms with E-state index in [1.165, 1.54) is 18.2 Å². The molecule has 0 aliphatic rings. The molecule has 23 heavy (non-hydrogen) atoms. The average Bonchev–Trinajstić information content (AvgIpc) is 2.45. The van der Waals surface area contributed by atoms with Gasteiger partial charge in [0.2, 0.25) is 0 Å². The second-order valence-corrected chi connectivity index (χ2v) is 4.79. The molecule has 1 aromatic rings. The molecule has 0 unspecified atom stereocenters. The number of hydrogen-bond acceptors (Lipinski definition) is 3. The summed E-state index contributed by atoms with van der Waals surface area (Å²) in [7, 11) is 0. The van der Waals surface area contributed by atoms with E-state index in [0.29, 0.717) is 0 Å². The fourth-order valence-electron chi connectivity index (χ4n) is 1.73. The minimum atomic E-state index is -4.45. The lowest BCUT2D eigenvalue weighted by molar-refractivity contribution is -0.174. The van der Waals surface area contributed by atoms with E-state index in [2.05, 4.69) is 10.1 Å². The standard InChI is InChI=1S/C14H18F4N2O3/c1-10-2-3-11(15)12(8-10)19-13(22)20(4-6-21)5-7-23-9-14(16,17)18/h2-3,8,21H,4-7,9H2,1H3,(H,19,22). The number of aliphatic hydroxyl groups is 1. The van der Waals surface area contributed by atoms with E-state index >= 15 is 0 Å². The minimum Gasteiger partial charge on any atom is -0.395 e. The zero-order valence-corrected chi connectivity index (χ0v) is 12.5. The average molecular weight is 338 g/mol. The number of carbonyl (C=O) groups is 1. The highest BCUT2D eigenvalue weighted by atomic mass is 19.4. The van der Waals surface area contributed by atoms with Gasteiger partial charge in [-0.25, -0.2) is 9.18 Å². The first-order valence-corrected chi connectivity index (χ1v) is 6.80. The lowest BCUT2D eigenvalue weighted by Gasteiger charge is -2.22. The number of aryl methyl sites for hydroxylation is 1. The summed E-state index contributed by atoms with van der Waals surface area (Å²) in [5.74, 6) is -0.638. The third-order valence-corrected chi connectivity index (χ3v) is 2.79. The number of aliphatic hydroxyl groups excluding tert-OH is 1. The molecular weight excluding hydrogens is 320 g/mol. The first kappa shape index (κ1) is 19.2. The third kappa shape index (κ3) is 7.29. The van der Waals surface area contributed by atoms with Crippen LogP contribution in [0.15, 0.2) is 18.2 Å². The Balaban J connectivity index is 2.58. The number of alkyl halides is 3. The molecule has 9 heteroatoms. The van der Waals surface area contributed by atoms with Crippen LogP contribution in [0.5, 0.6) is 0 Å². The highest BCUT2D eigenvalue weighted by molar-refractivity contribution is 5.89. The maximum atomic E-state index is 13.6. The zero-order chi connectivity index (χ0) is 17.5. The van der Waals surface area contributed by atoms with Crippen molar-refractivity contribution < 1.29 is 32.2 Å². The molecule has 1 rings (SSSR count). The Morgan fingerprint density at radius 3 is 2.65 bits per heavy atom. The number of anilines is 1. The van der Waals surface area contributed by atoms with Crippen LogP contribution in [-0.2, 0) is 4.74 Å². The number of rotatable bonds is 7. The number of ether oxygens (including phenoxy) is 1. The first-order valence-electron chi connectivity index (χ1n) is 6.80. The molecule has 0 atom stereocenters. The van der Waals surface area contributed by atoms with Crippen molar-refractivity contribution in [1.29, 1.82) is 0 Å². The number of carbonyl (C=O) groups excluding carboxylic acids is 1. The van der Waals surface area contributed by atoms with Crippen molar-refractivity contribution in [2.45, 2.75) is 13.1 Å². The van der Waals surface area contributed by atoms with Gasteiger partial charge in [0.05, 0.1) is 18.9 Å². The van der Waals surface area contributed by atoms with Gasteiger partial charge in [0.15, 0.2) is 0 Å². The number of benzene rings is 1. The van der Waals surface area contributed by atoms with Crippen LogP contribution in [0, 0.1) is 12.7 Å². The summed E-state index contributed by atoms with van der Waals surface area (Å²) in [4.78, 5) is 13.1. The number of halogens is 4. The van der Waals surface area contributed by atoms with E-state index in [4.69, 9.17) is 5.11 Å². The molecule has 0 saturated heterocycles. The Bertz CT molecular complexity index is 523. The van der Waals surface area contributed by atoms with Crippen LogP contribution < -0.4 is 5.32 Å². The summed E-state index contributed by atoms with van der Waals surface area (Å²) in [6.45, 7) is -0.740. The van der Waals surface area contributed by atoms with E-state index in [1.807, 2.05) is 0 Å². The molecule has 2 amide bonds. The smallest absolute Gasteiger partial charge is 0.395 e. The Morgan fingerprint density at radius 1 is 1.35 bits per heavy atom. The summed E-state index contributed by atoms with van der Waals surface area (Å²) in [5.41, 5.74) is 0.679. The molecule has 0 bridgehead atoms. The van der Waals surface area contributed by atoms with Gasteiger partial charge in [-0.1, -0.05) is 6.07 Å². The van der Waals surface area contributed by atoms with Crippen molar-refractivity contribution in [3.8, 4) is 0 Å². The van der Waals surface area contributed by atoms with E-state index in [9.17, 15) is 22.4 Å². The molecule has 0 saturated carbocycles. The Morgan fingerprint density at radius 2 is 2.04 bits per heavy atom. The molecule has 0 spiro atoms. The number of amides is 2. The Kier molecular flexibility index (Phi) is 7.24. The highest BCUT2D eigenvalue weighted by Crippen LogP contribution is 2.16. The molecular formula is C14H18F4N2O3. The van der Waals surface area contributed by atoms with Crippen LogP contribution in [0.3, 0.4) is 0 Å². The van der Waals surface area contributed by atoms with Gasteiger partial charge in [0.25, 0.3) is 0 Å². The quantitative estimate of drug-likeness (QED) is 0.593. The van der Waals surface area contributed by atoms with Crippen molar-refractivity contribution in [2.75, 3.05) is 38.2 Å². The predicted molar refractivity (Wildman–Crippen MR) is 75.7 cm³/mol. The molecule has 130 valence electrons. The van der Waals surface area contributed by atoms with Crippen molar-refractivity contribution in [3.63, 3.8) is 0 Å². The van der Waals surface area contributed by atoms with Gasteiger partial charge in [0, 0.05) is 13.1 Å². The zero-order valence-electron chi connectivity index (χ0n) is 12.5. The molecule has 2 N–H and O–H groups in total. The van der Waals surface area contributed by atoms with Gasteiger partial charge in [-0.3, -0.25) is 0 Å². The van der Waals surface area contributed by atoms with Crippen LogP contribution >= 0.6 is 0 Å². The van der Waals surface area contributed by atoms with E-state index < -0.39 is 24.6 Å². The van der Waals surface area contributed by atoms with E-state index in [0.717, 1.165) is 10.5 Å². The van der Waals surface area contributed by atoms with E-state index in [1.54, 1.807) is 6.92 Å². The SMILES string of the molecule is Cc1ccc(F)c(NC(=O)N(CCO)CCOCC(F)(F)F)c1. The lowest BCUT2D eigenvalue weighted by atomic mass is 10.2. The van der Waals surface area contributed by atoms with Crippen LogP contribution in [0.2, 0.25) is 0 Å². The second-order valence-electron chi connectivity index (χ2n) is 4.79. The highest BCUT2D eigenvalue weighted by Gasteiger charge is 2.27. The lowest BCUT2D eigenvalue weighted by Crippen LogP contribution is -2.39. The van der Waals surface area contributed by atoms with E-state index in [-0.39, 0.29) is 32.0 Å². The van der Waals surface area contributed by atoms with Gasteiger partial charge in [-0.2, -0.15) is 13.2 Å². The van der Waals surface area contributed by atoms with Gasteiger partial charge in [-0.15, -0.1) is 0 Å². The van der Waals surface area contributed by atoms with Crippen LogP contribution in [0.1, 0.15) is 5.56 Å². The number of urea groups is 1. The Hall–Kier alpha value is -1.87. The normalized spacial score (nSPS) is 11.4. The number of nitrogens with zero attached hydrogens (tertiary/aromatic N) is 1. The molecule has 5 nitrogen and oxygen atoms in total. The first-order chi connectivity index (χ1) is 10.7. The maximum Gasteiger partial charge on any atom is 0.411 e. The molecule has 0 heterocycles. The van der Waals surface area contributed by atoms with Crippen LogP contribution in [0.4, 0.5) is 28.0 Å². The molecule has 0 aliphatic carbocycles. The van der Waals surface area contributed by atoms with Gasteiger partial charge >= 0.3 is 12.2 Å². The molecule has 0 aromatic heterocycles. The van der Waals surface area contributed by atoms with Crippen molar-refractivity contribution in [1.82, 2.24) is 4.90 Å².